The number of nitrogens with zero attached hydrogens (tertiary/aromatic N) is 2. The van der Waals surface area contributed by atoms with Gasteiger partial charge in [-0.1, -0.05) is 41.4 Å². The molecule has 2 saturated carbocycles. The zero-order valence-electron chi connectivity index (χ0n) is 23.7. The molecule has 4 fully saturated rings. The molecular formula is C31H32Cl2F3N5O3. The number of alkyl halides is 2. The summed E-state index contributed by atoms with van der Waals surface area (Å²) in [5.74, 6) is -2.52. The maximum Gasteiger partial charge on any atom is 0.238 e. The number of allylic oxidation sites excluding steroid dienone is 2. The van der Waals surface area contributed by atoms with Crippen molar-refractivity contribution in [3.05, 3.63) is 70.1 Å². The second-order valence-electron chi connectivity index (χ2n) is 13.1. The monoisotopic (exact) mass is 649 g/mol. The van der Waals surface area contributed by atoms with E-state index < -0.39 is 71.3 Å². The Morgan fingerprint density at radius 2 is 1.89 bits per heavy atom. The van der Waals surface area contributed by atoms with Crippen LogP contribution in [0.25, 0.3) is 0 Å². The Bertz CT molecular complexity index is 1520. The fourth-order valence-electron chi connectivity index (χ4n) is 8.97. The number of hydrogen-bond donors (Lipinski definition) is 3. The quantitative estimate of drug-likeness (QED) is 0.406. The normalized spacial score (nSPS) is 34.8. The van der Waals surface area contributed by atoms with Crippen molar-refractivity contribution in [1.82, 2.24) is 26.1 Å². The predicted molar refractivity (Wildman–Crippen MR) is 156 cm³/mol. The van der Waals surface area contributed by atoms with Crippen LogP contribution in [0.4, 0.5) is 13.2 Å². The molecule has 44 heavy (non-hydrogen) atoms. The van der Waals surface area contributed by atoms with Crippen LogP contribution in [0.1, 0.15) is 61.8 Å². The third kappa shape index (κ3) is 4.29. The molecule has 7 rings (SSSR count). The molecule has 1 aromatic carbocycles. The lowest BCUT2D eigenvalue weighted by Gasteiger charge is -2.60. The lowest BCUT2D eigenvalue weighted by Crippen LogP contribution is -2.70. The summed E-state index contributed by atoms with van der Waals surface area (Å²) >= 11 is 12.6. The van der Waals surface area contributed by atoms with Gasteiger partial charge in [0.15, 0.2) is 0 Å². The molecule has 2 spiro atoms. The largest absolute Gasteiger partial charge is 0.428 e. The Morgan fingerprint density at radius 3 is 2.57 bits per heavy atom. The van der Waals surface area contributed by atoms with Gasteiger partial charge in [-0.15, -0.1) is 10.2 Å². The molecule has 13 heteroatoms. The van der Waals surface area contributed by atoms with Crippen LogP contribution in [0.2, 0.25) is 5.02 Å². The van der Waals surface area contributed by atoms with Crippen LogP contribution in [-0.2, 0) is 9.59 Å². The van der Waals surface area contributed by atoms with Crippen molar-refractivity contribution < 1.29 is 27.2 Å². The zero-order chi connectivity index (χ0) is 30.9. The molecule has 3 heterocycles. The van der Waals surface area contributed by atoms with Crippen molar-refractivity contribution in [2.45, 2.75) is 74.0 Å². The van der Waals surface area contributed by atoms with Crippen molar-refractivity contribution in [1.29, 1.82) is 0 Å². The molecule has 5 atom stereocenters. The number of aromatic nitrogens is 2. The number of nitrogens with one attached hydrogen (secondary N) is 3. The Morgan fingerprint density at radius 1 is 1.14 bits per heavy atom. The van der Waals surface area contributed by atoms with Crippen molar-refractivity contribution in [3.8, 4) is 0 Å². The van der Waals surface area contributed by atoms with Crippen molar-refractivity contribution in [2.24, 2.45) is 16.7 Å². The Hall–Kier alpha value is -2.89. The molecule has 1 aromatic heterocycles. The van der Waals surface area contributed by atoms with Gasteiger partial charge in [-0.2, -0.15) is 0 Å². The van der Waals surface area contributed by atoms with E-state index in [4.69, 9.17) is 27.6 Å². The van der Waals surface area contributed by atoms with E-state index in [1.807, 2.05) is 0 Å². The van der Waals surface area contributed by atoms with E-state index in [2.05, 4.69) is 26.1 Å². The van der Waals surface area contributed by atoms with Gasteiger partial charge >= 0.3 is 0 Å². The molecule has 234 valence electrons. The topological polar surface area (TPSA) is 109 Å². The smallest absolute Gasteiger partial charge is 0.238 e. The molecule has 0 radical (unpaired) electrons. The summed E-state index contributed by atoms with van der Waals surface area (Å²) < 4.78 is 50.1. The van der Waals surface area contributed by atoms with Gasteiger partial charge in [0.05, 0.1) is 35.9 Å². The molecule has 5 aliphatic rings. The number of fused-ring (bicyclic) bond motifs is 3. The molecule has 8 nitrogen and oxygen atoms in total. The second-order valence-corrected chi connectivity index (χ2v) is 13.9. The first-order chi connectivity index (χ1) is 21.2. The Kier molecular flexibility index (Phi) is 7.37. The van der Waals surface area contributed by atoms with E-state index in [1.165, 1.54) is 18.5 Å². The number of benzene rings is 1. The first-order valence-corrected chi connectivity index (χ1v) is 15.7. The Labute approximate surface area is 262 Å². The molecule has 2 amide bonds. The summed E-state index contributed by atoms with van der Waals surface area (Å²) in [6.45, 7) is -1.84. The second kappa shape index (κ2) is 10.9. The number of halogens is 5. The van der Waals surface area contributed by atoms with Gasteiger partial charge < -0.3 is 15.1 Å². The van der Waals surface area contributed by atoms with Gasteiger partial charge in [-0.3, -0.25) is 23.7 Å². The zero-order valence-corrected chi connectivity index (χ0v) is 25.2. The summed E-state index contributed by atoms with van der Waals surface area (Å²) in [5.41, 5.74) is -3.88. The third-order valence-electron chi connectivity index (χ3n) is 10.8. The molecule has 2 aliphatic heterocycles. The summed E-state index contributed by atoms with van der Waals surface area (Å²) in [7, 11) is 0. The van der Waals surface area contributed by atoms with Gasteiger partial charge in [0.2, 0.25) is 24.1 Å². The molecular weight excluding hydrogens is 618 g/mol. The van der Waals surface area contributed by atoms with Crippen molar-refractivity contribution >= 4 is 35.0 Å². The van der Waals surface area contributed by atoms with Crippen molar-refractivity contribution in [2.75, 3.05) is 13.3 Å². The number of hydrogen-bond acceptors (Lipinski definition) is 6. The molecule has 2 unspecified atom stereocenters. The molecule has 0 bridgehead atoms. The standard InChI is InChI=1S/C31H32Cl2F3N5O3/c32-17-6-9-20-22(10-17)39-28(43)31(20)23(19-2-1-3-21(33)24(19)36)25(40-30(31)11-29(12-30,13-34)14-35)26(42)38-18-7-4-16(5-8-18)27-41-37-15-44-27/h1-3,6,9-10,15-16,18,20,22-23,25,40H,4-5,7-8,11-14H2,(H,38,42)(H,39,43)/t16?,18?,20?,22?,23-,25+,31+/m0/s1. The highest BCUT2D eigenvalue weighted by Crippen LogP contribution is 2.70. The fourth-order valence-corrected chi connectivity index (χ4v) is 9.36. The number of rotatable bonds is 6. The van der Waals surface area contributed by atoms with E-state index >= 15 is 4.39 Å². The maximum atomic E-state index is 16.0. The average Bonchev–Trinajstić information content (AvgIpc) is 3.71. The highest BCUT2D eigenvalue weighted by atomic mass is 35.5. The summed E-state index contributed by atoms with van der Waals surface area (Å²) in [6, 6.07) is 2.71. The van der Waals surface area contributed by atoms with Gasteiger partial charge in [-0.25, -0.2) is 4.39 Å². The average molecular weight is 651 g/mol. The SMILES string of the molecule is O=C(NC1CCC(c2nnco2)CC1)[C@@H]1NC2(CC(CF)(CF)C2)[C@@]2(C(=O)NC3C=C(Cl)C=CC32)[C@H]1c1cccc(Cl)c1F. The van der Waals surface area contributed by atoms with Crippen molar-refractivity contribution in [3.63, 3.8) is 0 Å². The van der Waals surface area contributed by atoms with E-state index in [0.29, 0.717) is 23.8 Å². The highest BCUT2D eigenvalue weighted by Gasteiger charge is 2.80. The van der Waals surface area contributed by atoms with Crippen LogP contribution in [0.3, 0.4) is 0 Å². The predicted octanol–water partition coefficient (Wildman–Crippen LogP) is 5.01. The third-order valence-corrected chi connectivity index (χ3v) is 11.3. The van der Waals surface area contributed by atoms with Crippen LogP contribution < -0.4 is 16.0 Å². The molecule has 3 aliphatic carbocycles. The van der Waals surface area contributed by atoms with Crippen LogP contribution >= 0.6 is 23.2 Å². The number of amides is 2. The summed E-state index contributed by atoms with van der Waals surface area (Å²) in [5, 5.41) is 17.6. The number of carbonyl (C=O) groups is 2. The van der Waals surface area contributed by atoms with Crippen LogP contribution in [0, 0.1) is 22.6 Å². The van der Waals surface area contributed by atoms with Gasteiger partial charge in [0.25, 0.3) is 0 Å². The Balaban J connectivity index is 1.29. The van der Waals surface area contributed by atoms with Crippen LogP contribution in [0.15, 0.2) is 52.3 Å². The minimum Gasteiger partial charge on any atom is -0.428 e. The minimum atomic E-state index is -1.47. The first-order valence-electron chi connectivity index (χ1n) is 14.9. The van der Waals surface area contributed by atoms with Gasteiger partial charge in [0.1, 0.15) is 5.82 Å². The minimum absolute atomic E-state index is 0.0350. The van der Waals surface area contributed by atoms with Crippen LogP contribution in [0.5, 0.6) is 0 Å². The molecule has 3 N–H and O–H groups in total. The van der Waals surface area contributed by atoms with Gasteiger partial charge in [0, 0.05) is 39.8 Å². The maximum absolute atomic E-state index is 16.0. The van der Waals surface area contributed by atoms with E-state index in [1.54, 1.807) is 24.3 Å². The fraction of sp³-hybridized carbons (Fsp3) is 0.548. The molecule has 2 saturated heterocycles. The number of carbonyl (C=O) groups excluding carboxylic acids is 2. The lowest BCUT2D eigenvalue weighted by molar-refractivity contribution is -0.146. The molecule has 2 aromatic rings. The van der Waals surface area contributed by atoms with Crippen LogP contribution in [-0.4, -0.2) is 59.0 Å². The highest BCUT2D eigenvalue weighted by molar-refractivity contribution is 6.31. The van der Waals surface area contributed by atoms with E-state index in [9.17, 15) is 18.4 Å². The summed E-state index contributed by atoms with van der Waals surface area (Å²) in [4.78, 5) is 28.7. The van der Waals surface area contributed by atoms with E-state index in [-0.39, 0.29) is 35.4 Å². The van der Waals surface area contributed by atoms with E-state index in [0.717, 1.165) is 12.8 Å². The summed E-state index contributed by atoms with van der Waals surface area (Å²) in [6.07, 6.45) is 9.18. The first kappa shape index (κ1) is 29.8. The van der Waals surface area contributed by atoms with Gasteiger partial charge in [-0.05, 0) is 62.3 Å². The lowest BCUT2D eigenvalue weighted by atomic mass is 9.44.